The van der Waals surface area contributed by atoms with Gasteiger partial charge in [-0.05, 0) is 12.5 Å². The first kappa shape index (κ1) is 21.5. The van der Waals surface area contributed by atoms with Crippen molar-refractivity contribution >= 4 is 17.5 Å². The Hall–Kier alpha value is -3.22. The zero-order valence-corrected chi connectivity index (χ0v) is 18.0. The molecule has 1 aliphatic heterocycles. The molecule has 0 N–H and O–H groups in total. The predicted molar refractivity (Wildman–Crippen MR) is 114 cm³/mol. The molecule has 0 spiro atoms. The standard InChI is InChI=1S/C23H28N2O5/c1-15(16-9-7-6-8-10-16)24(2)23(27)17-11-21(26)25(14-17)18-12-19(28-3)22(30-5)20(13-18)29-4/h6-10,12-13,15,17H,11,14H2,1-5H3. The van der Waals surface area contributed by atoms with Gasteiger partial charge >= 0.3 is 0 Å². The van der Waals surface area contributed by atoms with Crippen LogP contribution in [0.4, 0.5) is 5.69 Å². The molecule has 2 aromatic rings. The number of rotatable bonds is 7. The molecule has 2 unspecified atom stereocenters. The van der Waals surface area contributed by atoms with Crippen LogP contribution in [0.25, 0.3) is 0 Å². The van der Waals surface area contributed by atoms with E-state index in [4.69, 9.17) is 14.2 Å². The normalized spacial score (nSPS) is 16.9. The smallest absolute Gasteiger partial charge is 0.228 e. The zero-order chi connectivity index (χ0) is 21.8. The Balaban J connectivity index is 1.80. The Labute approximate surface area is 177 Å². The van der Waals surface area contributed by atoms with E-state index in [1.54, 1.807) is 29.0 Å². The molecule has 2 amide bonds. The SMILES string of the molecule is COc1cc(N2CC(C(=O)N(C)C(C)c3ccccc3)CC2=O)cc(OC)c1OC. The van der Waals surface area contributed by atoms with E-state index in [2.05, 4.69) is 0 Å². The molecular formula is C23H28N2O5. The molecule has 2 atom stereocenters. The van der Waals surface area contributed by atoms with Gasteiger partial charge in [0.1, 0.15) is 0 Å². The lowest BCUT2D eigenvalue weighted by molar-refractivity contribution is -0.136. The van der Waals surface area contributed by atoms with Gasteiger partial charge in [0.25, 0.3) is 0 Å². The molecular weight excluding hydrogens is 384 g/mol. The largest absolute Gasteiger partial charge is 0.493 e. The summed E-state index contributed by atoms with van der Waals surface area (Å²) in [5.74, 6) is 0.818. The summed E-state index contributed by atoms with van der Waals surface area (Å²) in [6.07, 6.45) is 0.168. The first-order chi connectivity index (χ1) is 14.4. The second kappa shape index (κ2) is 9.07. The van der Waals surface area contributed by atoms with E-state index in [-0.39, 0.29) is 24.3 Å². The van der Waals surface area contributed by atoms with Crippen molar-refractivity contribution < 1.29 is 23.8 Å². The highest BCUT2D eigenvalue weighted by atomic mass is 16.5. The number of carbonyl (C=O) groups is 2. The van der Waals surface area contributed by atoms with E-state index in [9.17, 15) is 9.59 Å². The van der Waals surface area contributed by atoms with Crippen LogP contribution >= 0.6 is 0 Å². The van der Waals surface area contributed by atoms with Crippen LogP contribution in [0.2, 0.25) is 0 Å². The fourth-order valence-corrected chi connectivity index (χ4v) is 3.78. The van der Waals surface area contributed by atoms with Gasteiger partial charge in [0.05, 0.1) is 39.0 Å². The molecule has 0 aromatic heterocycles. The van der Waals surface area contributed by atoms with Crippen LogP contribution in [-0.4, -0.2) is 51.6 Å². The lowest BCUT2D eigenvalue weighted by Crippen LogP contribution is -2.36. The fourth-order valence-electron chi connectivity index (χ4n) is 3.78. The third-order valence-corrected chi connectivity index (χ3v) is 5.65. The average molecular weight is 412 g/mol. The maximum atomic E-state index is 13.1. The molecule has 0 bridgehead atoms. The average Bonchev–Trinajstić information content (AvgIpc) is 3.18. The van der Waals surface area contributed by atoms with Crippen LogP contribution in [0, 0.1) is 5.92 Å². The summed E-state index contributed by atoms with van der Waals surface area (Å²) in [6, 6.07) is 13.2. The van der Waals surface area contributed by atoms with E-state index >= 15 is 0 Å². The maximum Gasteiger partial charge on any atom is 0.228 e. The molecule has 1 saturated heterocycles. The van der Waals surface area contributed by atoms with E-state index in [1.807, 2.05) is 37.3 Å². The van der Waals surface area contributed by atoms with Gasteiger partial charge in [-0.1, -0.05) is 30.3 Å². The monoisotopic (exact) mass is 412 g/mol. The minimum Gasteiger partial charge on any atom is -0.493 e. The molecule has 3 rings (SSSR count). The highest BCUT2D eigenvalue weighted by Gasteiger charge is 2.38. The quantitative estimate of drug-likeness (QED) is 0.698. The number of hydrogen-bond donors (Lipinski definition) is 0. The van der Waals surface area contributed by atoms with Crippen molar-refractivity contribution in [1.82, 2.24) is 4.90 Å². The molecule has 30 heavy (non-hydrogen) atoms. The van der Waals surface area contributed by atoms with E-state index in [0.29, 0.717) is 29.5 Å². The highest BCUT2D eigenvalue weighted by molar-refractivity contribution is 6.00. The second-order valence-electron chi connectivity index (χ2n) is 7.32. The van der Waals surface area contributed by atoms with E-state index < -0.39 is 5.92 Å². The number of carbonyl (C=O) groups excluding carboxylic acids is 2. The molecule has 0 radical (unpaired) electrons. The first-order valence-electron chi connectivity index (χ1n) is 9.83. The van der Waals surface area contributed by atoms with Gasteiger partial charge in [0, 0.05) is 32.1 Å². The Bertz CT molecular complexity index is 890. The van der Waals surface area contributed by atoms with Crippen molar-refractivity contribution in [3.05, 3.63) is 48.0 Å². The second-order valence-corrected chi connectivity index (χ2v) is 7.32. The van der Waals surface area contributed by atoms with Gasteiger partial charge in [-0.3, -0.25) is 9.59 Å². The summed E-state index contributed by atoms with van der Waals surface area (Å²) in [4.78, 5) is 29.2. The summed E-state index contributed by atoms with van der Waals surface area (Å²) in [6.45, 7) is 2.29. The summed E-state index contributed by atoms with van der Waals surface area (Å²) in [5, 5.41) is 0. The number of hydrogen-bond acceptors (Lipinski definition) is 5. The Morgan fingerprint density at radius 3 is 2.20 bits per heavy atom. The molecule has 0 aliphatic carbocycles. The predicted octanol–water partition coefficient (Wildman–Crippen LogP) is 3.28. The van der Waals surface area contributed by atoms with Crippen molar-refractivity contribution in [2.45, 2.75) is 19.4 Å². The molecule has 1 aliphatic rings. The lowest BCUT2D eigenvalue weighted by Gasteiger charge is -2.28. The van der Waals surface area contributed by atoms with Crippen LogP contribution in [-0.2, 0) is 9.59 Å². The number of amides is 2. The molecule has 0 saturated carbocycles. The van der Waals surface area contributed by atoms with E-state index in [1.165, 1.54) is 21.3 Å². The molecule has 7 heteroatoms. The van der Waals surface area contributed by atoms with Crippen LogP contribution < -0.4 is 19.1 Å². The van der Waals surface area contributed by atoms with Crippen molar-refractivity contribution in [2.75, 3.05) is 39.8 Å². The van der Waals surface area contributed by atoms with Gasteiger partial charge in [-0.25, -0.2) is 0 Å². The van der Waals surface area contributed by atoms with Crippen LogP contribution in [0.1, 0.15) is 24.9 Å². The Kier molecular flexibility index (Phi) is 6.50. The Morgan fingerprint density at radius 2 is 1.67 bits per heavy atom. The number of benzene rings is 2. The number of anilines is 1. The van der Waals surface area contributed by atoms with Gasteiger partial charge in [0.2, 0.25) is 17.6 Å². The van der Waals surface area contributed by atoms with Crippen molar-refractivity contribution in [3.63, 3.8) is 0 Å². The molecule has 160 valence electrons. The molecule has 7 nitrogen and oxygen atoms in total. The summed E-state index contributed by atoms with van der Waals surface area (Å²) in [5.41, 5.74) is 1.67. The van der Waals surface area contributed by atoms with Crippen LogP contribution in [0.5, 0.6) is 17.2 Å². The van der Waals surface area contributed by atoms with Crippen LogP contribution in [0.3, 0.4) is 0 Å². The van der Waals surface area contributed by atoms with Crippen molar-refractivity contribution in [1.29, 1.82) is 0 Å². The first-order valence-corrected chi connectivity index (χ1v) is 9.83. The zero-order valence-electron chi connectivity index (χ0n) is 18.0. The Morgan fingerprint density at radius 1 is 1.07 bits per heavy atom. The maximum absolute atomic E-state index is 13.1. The fraction of sp³-hybridized carbons (Fsp3) is 0.391. The van der Waals surface area contributed by atoms with Crippen LogP contribution in [0.15, 0.2) is 42.5 Å². The highest BCUT2D eigenvalue weighted by Crippen LogP contribution is 2.42. The van der Waals surface area contributed by atoms with Gasteiger partial charge in [-0.15, -0.1) is 0 Å². The van der Waals surface area contributed by atoms with Crippen molar-refractivity contribution in [3.8, 4) is 17.2 Å². The minimum absolute atomic E-state index is 0.0466. The van der Waals surface area contributed by atoms with Gasteiger partial charge < -0.3 is 24.0 Å². The summed E-state index contributed by atoms with van der Waals surface area (Å²) >= 11 is 0. The van der Waals surface area contributed by atoms with E-state index in [0.717, 1.165) is 5.56 Å². The topological polar surface area (TPSA) is 68.3 Å². The third kappa shape index (κ3) is 4.06. The molecule has 1 heterocycles. The van der Waals surface area contributed by atoms with Gasteiger partial charge in [-0.2, -0.15) is 0 Å². The minimum atomic E-state index is -0.409. The van der Waals surface area contributed by atoms with Crippen molar-refractivity contribution in [2.24, 2.45) is 5.92 Å². The number of ether oxygens (including phenoxy) is 3. The number of methoxy groups -OCH3 is 3. The number of nitrogens with zero attached hydrogens (tertiary/aromatic N) is 2. The summed E-state index contributed by atoms with van der Waals surface area (Å²) in [7, 11) is 6.37. The lowest BCUT2D eigenvalue weighted by atomic mass is 10.0. The molecule has 1 fully saturated rings. The third-order valence-electron chi connectivity index (χ3n) is 5.65. The molecule has 2 aromatic carbocycles. The summed E-state index contributed by atoms with van der Waals surface area (Å²) < 4.78 is 16.1. The van der Waals surface area contributed by atoms with Gasteiger partial charge in [0.15, 0.2) is 11.5 Å².